The van der Waals surface area contributed by atoms with E-state index in [-0.39, 0.29) is 23.7 Å². The SMILES string of the molecule is O=C(O)[C@H]1C2CCC(CC2)[C@@H]1C(=O)N1CCC(Cc2ccccc2)CC1. The molecule has 1 aromatic carbocycles. The fraction of sp³-hybridized carbons (Fsp3) is 0.636. The highest BCUT2D eigenvalue weighted by Crippen LogP contribution is 2.49. The van der Waals surface area contributed by atoms with Crippen molar-refractivity contribution in [1.82, 2.24) is 4.90 Å². The van der Waals surface area contributed by atoms with Crippen LogP contribution in [0.3, 0.4) is 0 Å². The minimum atomic E-state index is -0.753. The van der Waals surface area contributed by atoms with Gasteiger partial charge in [-0.05, 0) is 68.3 Å². The molecule has 3 aliphatic carbocycles. The summed E-state index contributed by atoms with van der Waals surface area (Å²) < 4.78 is 0. The van der Waals surface area contributed by atoms with Gasteiger partial charge < -0.3 is 10.0 Å². The Kier molecular flexibility index (Phi) is 5.01. The second-order valence-electron chi connectivity index (χ2n) is 8.52. The summed E-state index contributed by atoms with van der Waals surface area (Å²) in [5.74, 6) is -0.221. The summed E-state index contributed by atoms with van der Waals surface area (Å²) in [6, 6.07) is 10.6. The Morgan fingerprint density at radius 2 is 1.46 bits per heavy atom. The Hall–Kier alpha value is -1.84. The zero-order valence-electron chi connectivity index (χ0n) is 15.3. The first kappa shape index (κ1) is 17.6. The summed E-state index contributed by atoms with van der Waals surface area (Å²) in [6.45, 7) is 1.58. The highest BCUT2D eigenvalue weighted by atomic mass is 16.4. The molecule has 2 bridgehead atoms. The van der Waals surface area contributed by atoms with E-state index in [1.54, 1.807) is 0 Å². The van der Waals surface area contributed by atoms with Crippen LogP contribution in [0.5, 0.6) is 0 Å². The highest BCUT2D eigenvalue weighted by molar-refractivity contribution is 5.85. The zero-order chi connectivity index (χ0) is 18.1. The molecular weight excluding hydrogens is 326 g/mol. The van der Waals surface area contributed by atoms with Gasteiger partial charge in [0.2, 0.25) is 5.91 Å². The van der Waals surface area contributed by atoms with Crippen LogP contribution in [0.1, 0.15) is 44.1 Å². The normalized spacial score (nSPS) is 31.8. The third-order valence-electron chi connectivity index (χ3n) is 7.08. The fourth-order valence-electron chi connectivity index (χ4n) is 5.68. The summed E-state index contributed by atoms with van der Waals surface area (Å²) in [5.41, 5.74) is 1.37. The van der Waals surface area contributed by atoms with E-state index in [0.717, 1.165) is 58.0 Å². The Morgan fingerprint density at radius 1 is 0.885 bits per heavy atom. The monoisotopic (exact) mass is 355 g/mol. The number of aliphatic carboxylic acids is 1. The number of carbonyl (C=O) groups excluding carboxylic acids is 1. The molecule has 4 aliphatic rings. The van der Waals surface area contributed by atoms with Gasteiger partial charge in [0, 0.05) is 13.1 Å². The van der Waals surface area contributed by atoms with E-state index in [1.165, 1.54) is 5.56 Å². The quantitative estimate of drug-likeness (QED) is 0.898. The molecule has 140 valence electrons. The maximum absolute atomic E-state index is 13.2. The van der Waals surface area contributed by atoms with Crippen molar-refractivity contribution in [3.8, 4) is 0 Å². The van der Waals surface area contributed by atoms with Gasteiger partial charge in [-0.25, -0.2) is 0 Å². The molecule has 1 aromatic rings. The second kappa shape index (κ2) is 7.42. The molecule has 4 fully saturated rings. The van der Waals surface area contributed by atoms with Gasteiger partial charge in [0.15, 0.2) is 0 Å². The van der Waals surface area contributed by atoms with E-state index >= 15 is 0 Å². The highest BCUT2D eigenvalue weighted by Gasteiger charge is 2.51. The number of piperidine rings is 1. The van der Waals surface area contributed by atoms with Gasteiger partial charge in [-0.3, -0.25) is 9.59 Å². The number of nitrogens with zero attached hydrogens (tertiary/aromatic N) is 1. The number of hydrogen-bond donors (Lipinski definition) is 1. The van der Waals surface area contributed by atoms with E-state index in [0.29, 0.717) is 5.92 Å². The van der Waals surface area contributed by atoms with Crippen molar-refractivity contribution in [1.29, 1.82) is 0 Å². The van der Waals surface area contributed by atoms with Gasteiger partial charge in [0.1, 0.15) is 0 Å². The molecule has 1 saturated heterocycles. The van der Waals surface area contributed by atoms with Gasteiger partial charge in [-0.15, -0.1) is 0 Å². The molecule has 1 N–H and O–H groups in total. The smallest absolute Gasteiger partial charge is 0.307 e. The van der Waals surface area contributed by atoms with Crippen molar-refractivity contribution in [3.63, 3.8) is 0 Å². The largest absolute Gasteiger partial charge is 0.481 e. The van der Waals surface area contributed by atoms with Crippen LogP contribution in [-0.2, 0) is 16.0 Å². The Labute approximate surface area is 155 Å². The number of hydrogen-bond acceptors (Lipinski definition) is 2. The van der Waals surface area contributed by atoms with Gasteiger partial charge in [-0.2, -0.15) is 0 Å². The topological polar surface area (TPSA) is 57.6 Å². The van der Waals surface area contributed by atoms with Crippen molar-refractivity contribution in [3.05, 3.63) is 35.9 Å². The lowest BCUT2D eigenvalue weighted by atomic mass is 9.58. The number of likely N-dealkylation sites (tertiary alicyclic amines) is 1. The molecule has 0 spiro atoms. The maximum Gasteiger partial charge on any atom is 0.307 e. The number of fused-ring (bicyclic) bond motifs is 3. The van der Waals surface area contributed by atoms with E-state index in [9.17, 15) is 14.7 Å². The molecule has 1 heterocycles. The summed E-state index contributed by atoms with van der Waals surface area (Å²) in [6.07, 6.45) is 7.19. The lowest BCUT2D eigenvalue weighted by Gasteiger charge is -2.47. The average molecular weight is 355 g/mol. The molecule has 26 heavy (non-hydrogen) atoms. The van der Waals surface area contributed by atoms with E-state index in [2.05, 4.69) is 24.3 Å². The average Bonchev–Trinajstić information content (AvgIpc) is 2.69. The molecular formula is C22H29NO3. The van der Waals surface area contributed by atoms with Crippen molar-refractivity contribution in [2.45, 2.75) is 44.9 Å². The van der Waals surface area contributed by atoms with E-state index < -0.39 is 11.9 Å². The molecule has 5 rings (SSSR count). The van der Waals surface area contributed by atoms with E-state index in [1.807, 2.05) is 11.0 Å². The van der Waals surface area contributed by atoms with Crippen LogP contribution in [0.15, 0.2) is 30.3 Å². The first-order valence-corrected chi connectivity index (χ1v) is 10.2. The first-order chi connectivity index (χ1) is 12.6. The second-order valence-corrected chi connectivity index (χ2v) is 8.52. The third-order valence-corrected chi connectivity index (χ3v) is 7.08. The third kappa shape index (κ3) is 3.38. The summed E-state index contributed by atoms with van der Waals surface area (Å²) in [5, 5.41) is 9.71. The van der Waals surface area contributed by atoms with E-state index in [4.69, 9.17) is 0 Å². The standard InChI is InChI=1S/C22H29NO3/c24-21(19-17-6-8-18(9-7-17)20(19)22(25)26)23-12-10-16(11-13-23)14-15-4-2-1-3-5-15/h1-5,16-20H,6-14H2,(H,25,26)/t17?,18?,19-,20-/m0/s1. The van der Waals surface area contributed by atoms with Crippen molar-refractivity contribution < 1.29 is 14.7 Å². The maximum atomic E-state index is 13.2. The molecule has 1 aliphatic heterocycles. The number of carboxylic acid groups (broad SMARTS) is 1. The van der Waals surface area contributed by atoms with Gasteiger partial charge in [-0.1, -0.05) is 30.3 Å². The minimum absolute atomic E-state index is 0.130. The van der Waals surface area contributed by atoms with Gasteiger partial charge in [0.05, 0.1) is 11.8 Å². The van der Waals surface area contributed by atoms with Crippen LogP contribution in [0.4, 0.5) is 0 Å². The molecule has 0 aromatic heterocycles. The van der Waals surface area contributed by atoms with Crippen LogP contribution >= 0.6 is 0 Å². The summed E-state index contributed by atoms with van der Waals surface area (Å²) >= 11 is 0. The molecule has 0 unspecified atom stereocenters. The predicted molar refractivity (Wildman–Crippen MR) is 99.5 cm³/mol. The first-order valence-electron chi connectivity index (χ1n) is 10.2. The molecule has 2 atom stereocenters. The number of benzene rings is 1. The van der Waals surface area contributed by atoms with Crippen molar-refractivity contribution in [2.24, 2.45) is 29.6 Å². The molecule has 1 amide bonds. The number of rotatable bonds is 4. The zero-order valence-corrected chi connectivity index (χ0v) is 15.3. The Morgan fingerprint density at radius 3 is 2.04 bits per heavy atom. The fourth-order valence-corrected chi connectivity index (χ4v) is 5.68. The molecule has 4 nitrogen and oxygen atoms in total. The molecule has 3 saturated carbocycles. The van der Waals surface area contributed by atoms with Crippen molar-refractivity contribution >= 4 is 11.9 Å². The number of amides is 1. The molecule has 0 radical (unpaired) electrons. The van der Waals surface area contributed by atoms with Crippen molar-refractivity contribution in [2.75, 3.05) is 13.1 Å². The van der Waals surface area contributed by atoms with Crippen LogP contribution < -0.4 is 0 Å². The van der Waals surface area contributed by atoms with Crippen LogP contribution in [0, 0.1) is 29.6 Å². The number of carbonyl (C=O) groups is 2. The van der Waals surface area contributed by atoms with Crippen LogP contribution in [0.25, 0.3) is 0 Å². The predicted octanol–water partition coefficient (Wildman–Crippen LogP) is 3.60. The van der Waals surface area contributed by atoms with Gasteiger partial charge in [0.25, 0.3) is 0 Å². The lowest BCUT2D eigenvalue weighted by Crippen LogP contribution is -2.53. The Balaban J connectivity index is 1.38. The number of carboxylic acids is 1. The van der Waals surface area contributed by atoms with Crippen LogP contribution in [-0.4, -0.2) is 35.0 Å². The van der Waals surface area contributed by atoms with Gasteiger partial charge >= 0.3 is 5.97 Å². The minimum Gasteiger partial charge on any atom is -0.481 e. The Bertz CT molecular complexity index is 643. The lowest BCUT2D eigenvalue weighted by molar-refractivity contribution is -0.162. The van der Waals surface area contributed by atoms with Crippen LogP contribution in [0.2, 0.25) is 0 Å². The summed E-state index contributed by atoms with van der Waals surface area (Å²) in [7, 11) is 0. The summed E-state index contributed by atoms with van der Waals surface area (Å²) in [4.78, 5) is 27.0. The molecule has 4 heteroatoms.